The third-order valence-corrected chi connectivity index (χ3v) is 2.86. The molecule has 0 aliphatic carbocycles. The molecule has 0 spiro atoms. The number of hydrogen-bond acceptors (Lipinski definition) is 2. The minimum absolute atomic E-state index is 0.972. The first kappa shape index (κ1) is 12.4. The predicted octanol–water partition coefficient (Wildman–Crippen LogP) is 0.393. The van der Waals surface area contributed by atoms with Crippen LogP contribution >= 0.6 is 0 Å². The number of aliphatic carboxylic acids is 1. The molecular weight excluding hydrogens is 166 g/mol. The second kappa shape index (κ2) is 5.97. The Kier molecular flexibility index (Phi) is 5.71. The highest BCUT2D eigenvalue weighted by Crippen LogP contribution is 2.17. The van der Waals surface area contributed by atoms with Gasteiger partial charge in [-0.25, -0.2) is 0 Å². The van der Waals surface area contributed by atoms with Crippen molar-refractivity contribution in [2.24, 2.45) is 0 Å². The number of hydrogen-bond donors (Lipinski definition) is 0. The minimum atomic E-state index is -1.08. The van der Waals surface area contributed by atoms with E-state index in [-0.39, 0.29) is 0 Å². The smallest absolute Gasteiger partial charge is 0.0788 e. The first-order valence-corrected chi connectivity index (χ1v) is 5.09. The van der Waals surface area contributed by atoms with Crippen LogP contribution in [0.1, 0.15) is 33.6 Å². The highest BCUT2D eigenvalue weighted by molar-refractivity contribution is 5.60. The number of carboxylic acids is 1. The zero-order valence-electron chi connectivity index (χ0n) is 9.01. The second-order valence-corrected chi connectivity index (χ2v) is 3.62. The van der Waals surface area contributed by atoms with E-state index in [1.807, 2.05) is 0 Å². The zero-order chi connectivity index (χ0) is 10.3. The maximum absolute atomic E-state index is 8.89. The molecule has 0 radical (unpaired) electrons. The summed E-state index contributed by atoms with van der Waals surface area (Å²) in [5.41, 5.74) is 0. The van der Waals surface area contributed by atoms with Crippen molar-refractivity contribution in [1.82, 2.24) is 0 Å². The zero-order valence-corrected chi connectivity index (χ0v) is 9.01. The second-order valence-electron chi connectivity index (χ2n) is 3.62. The topological polar surface area (TPSA) is 40.1 Å². The number of quaternary nitrogens is 1. The van der Waals surface area contributed by atoms with Crippen molar-refractivity contribution >= 4 is 5.97 Å². The van der Waals surface area contributed by atoms with E-state index >= 15 is 0 Å². The molecule has 0 amide bonds. The van der Waals surface area contributed by atoms with Gasteiger partial charge in [-0.1, -0.05) is 0 Å². The molecule has 0 aromatic heterocycles. The van der Waals surface area contributed by atoms with E-state index in [4.69, 9.17) is 9.90 Å². The van der Waals surface area contributed by atoms with Gasteiger partial charge < -0.3 is 14.4 Å². The van der Waals surface area contributed by atoms with Crippen molar-refractivity contribution in [3.63, 3.8) is 0 Å². The molecule has 0 aromatic rings. The number of likely N-dealkylation sites (tertiary alicyclic amines) is 1. The molecule has 1 aliphatic heterocycles. The van der Waals surface area contributed by atoms with Gasteiger partial charge in [-0.3, -0.25) is 0 Å². The van der Waals surface area contributed by atoms with Gasteiger partial charge in [0.15, 0.2) is 0 Å². The molecule has 1 rings (SSSR count). The Hall–Kier alpha value is -0.570. The van der Waals surface area contributed by atoms with E-state index in [1.54, 1.807) is 0 Å². The van der Waals surface area contributed by atoms with Crippen molar-refractivity contribution < 1.29 is 14.4 Å². The number of rotatable bonds is 2. The Morgan fingerprint density at radius 1 is 1.23 bits per heavy atom. The quantitative estimate of drug-likeness (QED) is 0.587. The highest BCUT2D eigenvalue weighted by Gasteiger charge is 2.27. The number of carbonyl (C=O) groups excluding carboxylic acids is 1. The molecule has 0 saturated carbocycles. The molecule has 0 aromatic carbocycles. The van der Waals surface area contributed by atoms with Crippen molar-refractivity contribution in [2.75, 3.05) is 26.2 Å². The Labute approximate surface area is 80.9 Å². The van der Waals surface area contributed by atoms with Crippen molar-refractivity contribution in [2.45, 2.75) is 33.6 Å². The van der Waals surface area contributed by atoms with Crippen molar-refractivity contribution in [1.29, 1.82) is 0 Å². The Balaban J connectivity index is 0.000000310. The molecule has 0 N–H and O–H groups in total. The fourth-order valence-corrected chi connectivity index (χ4v) is 1.86. The summed E-state index contributed by atoms with van der Waals surface area (Å²) in [4.78, 5) is 8.89. The van der Waals surface area contributed by atoms with Gasteiger partial charge in [-0.2, -0.15) is 0 Å². The SMILES string of the molecule is CC(=O)[O-].CC[N+]1(CC)CCCC1. The van der Waals surface area contributed by atoms with Crippen LogP contribution in [0.4, 0.5) is 0 Å². The summed E-state index contributed by atoms with van der Waals surface area (Å²) in [6.07, 6.45) is 2.92. The summed E-state index contributed by atoms with van der Waals surface area (Å²) in [7, 11) is 0. The van der Waals surface area contributed by atoms with Crippen LogP contribution in [0.15, 0.2) is 0 Å². The van der Waals surface area contributed by atoms with E-state index in [9.17, 15) is 0 Å². The largest absolute Gasteiger partial charge is 0.550 e. The molecule has 1 fully saturated rings. The van der Waals surface area contributed by atoms with Crippen molar-refractivity contribution in [3.8, 4) is 0 Å². The molecule has 0 bridgehead atoms. The summed E-state index contributed by atoms with van der Waals surface area (Å²) < 4.78 is 1.39. The molecular formula is C10H21NO2. The van der Waals surface area contributed by atoms with Crippen LogP contribution in [0.25, 0.3) is 0 Å². The van der Waals surface area contributed by atoms with Gasteiger partial charge in [0.25, 0.3) is 0 Å². The fourth-order valence-electron chi connectivity index (χ4n) is 1.86. The van der Waals surface area contributed by atoms with Gasteiger partial charge in [-0.15, -0.1) is 0 Å². The molecule has 3 heteroatoms. The summed E-state index contributed by atoms with van der Waals surface area (Å²) >= 11 is 0. The summed E-state index contributed by atoms with van der Waals surface area (Å²) in [5, 5.41) is 8.89. The van der Waals surface area contributed by atoms with Crippen LogP contribution in [-0.2, 0) is 4.79 Å². The minimum Gasteiger partial charge on any atom is -0.550 e. The van der Waals surface area contributed by atoms with Crippen LogP contribution in [0, 0.1) is 0 Å². The van der Waals surface area contributed by atoms with Crippen LogP contribution in [0.2, 0.25) is 0 Å². The molecule has 1 saturated heterocycles. The number of carbonyl (C=O) groups is 1. The Morgan fingerprint density at radius 3 is 1.69 bits per heavy atom. The van der Waals surface area contributed by atoms with Gasteiger partial charge >= 0.3 is 0 Å². The molecule has 0 atom stereocenters. The van der Waals surface area contributed by atoms with E-state index in [2.05, 4.69) is 13.8 Å². The standard InChI is InChI=1S/C8H18N.C2H4O2/c1-3-9(4-2)7-5-6-8-9;1-2(3)4/h3-8H2,1-2H3;1H3,(H,3,4)/q+1;/p-1. The van der Waals surface area contributed by atoms with Crippen LogP contribution in [0.3, 0.4) is 0 Å². The maximum atomic E-state index is 8.89. The fraction of sp³-hybridized carbons (Fsp3) is 0.900. The molecule has 1 aliphatic rings. The van der Waals surface area contributed by atoms with Crippen LogP contribution in [-0.4, -0.2) is 36.6 Å². The lowest BCUT2D eigenvalue weighted by Crippen LogP contribution is -2.44. The third kappa shape index (κ3) is 4.88. The maximum Gasteiger partial charge on any atom is 0.0788 e. The predicted molar refractivity (Wildman–Crippen MR) is 51.0 cm³/mol. The Bertz CT molecular complexity index is 141. The normalized spacial score (nSPS) is 19.0. The average Bonchev–Trinajstić information content (AvgIpc) is 2.52. The van der Waals surface area contributed by atoms with E-state index < -0.39 is 5.97 Å². The van der Waals surface area contributed by atoms with Crippen LogP contribution in [0.5, 0.6) is 0 Å². The van der Waals surface area contributed by atoms with Crippen LogP contribution < -0.4 is 5.11 Å². The van der Waals surface area contributed by atoms with Gasteiger partial charge in [0.05, 0.1) is 26.2 Å². The molecule has 1 heterocycles. The molecule has 13 heavy (non-hydrogen) atoms. The van der Waals surface area contributed by atoms with E-state index in [0.29, 0.717) is 0 Å². The monoisotopic (exact) mass is 187 g/mol. The number of nitrogens with zero attached hydrogens (tertiary/aromatic N) is 1. The van der Waals surface area contributed by atoms with Gasteiger partial charge in [-0.05, 0) is 20.8 Å². The van der Waals surface area contributed by atoms with Gasteiger partial charge in [0.2, 0.25) is 0 Å². The first-order valence-electron chi connectivity index (χ1n) is 5.09. The van der Waals surface area contributed by atoms with E-state index in [0.717, 1.165) is 6.92 Å². The lowest BCUT2D eigenvalue weighted by Gasteiger charge is -2.31. The lowest BCUT2D eigenvalue weighted by atomic mass is 10.4. The average molecular weight is 187 g/mol. The lowest BCUT2D eigenvalue weighted by molar-refractivity contribution is -0.913. The first-order chi connectivity index (χ1) is 6.06. The molecule has 78 valence electrons. The highest BCUT2D eigenvalue weighted by atomic mass is 16.4. The number of carboxylic acid groups (broad SMARTS) is 1. The molecule has 3 nitrogen and oxygen atoms in total. The summed E-state index contributed by atoms with van der Waals surface area (Å²) in [6, 6.07) is 0. The summed E-state index contributed by atoms with van der Waals surface area (Å²) in [6.45, 7) is 11.2. The van der Waals surface area contributed by atoms with E-state index in [1.165, 1.54) is 43.5 Å². The Morgan fingerprint density at radius 2 is 1.54 bits per heavy atom. The third-order valence-electron chi connectivity index (χ3n) is 2.86. The van der Waals surface area contributed by atoms with Gasteiger partial charge in [0, 0.05) is 18.8 Å². The van der Waals surface area contributed by atoms with Crippen molar-refractivity contribution in [3.05, 3.63) is 0 Å². The summed E-state index contributed by atoms with van der Waals surface area (Å²) in [5.74, 6) is -1.08. The molecule has 0 unspecified atom stereocenters. The van der Waals surface area contributed by atoms with Gasteiger partial charge in [0.1, 0.15) is 0 Å².